The van der Waals surface area contributed by atoms with Gasteiger partial charge in [0.05, 0.1) is 6.54 Å². The van der Waals surface area contributed by atoms with E-state index >= 15 is 0 Å². The Balaban J connectivity index is 2.09. The average molecular weight is 350 g/mol. The zero-order valence-corrected chi connectivity index (χ0v) is 12.7. The van der Waals surface area contributed by atoms with Crippen LogP contribution in [0.3, 0.4) is 0 Å². The van der Waals surface area contributed by atoms with Crippen LogP contribution in [0, 0.1) is 0 Å². The molecular weight excluding hydrogens is 340 g/mol. The van der Waals surface area contributed by atoms with Gasteiger partial charge in [-0.3, -0.25) is 4.79 Å². The Bertz CT molecular complexity index is 798. The van der Waals surface area contributed by atoms with Crippen LogP contribution < -0.4 is 0 Å². The first kappa shape index (κ1) is 13.3. The van der Waals surface area contributed by atoms with Crippen molar-refractivity contribution in [1.82, 2.24) is 9.55 Å². The van der Waals surface area contributed by atoms with Gasteiger partial charge in [-0.25, -0.2) is 4.98 Å². The first-order valence-electron chi connectivity index (χ1n) is 6.02. The van der Waals surface area contributed by atoms with E-state index in [2.05, 4.69) is 20.9 Å². The van der Waals surface area contributed by atoms with Crippen LogP contribution >= 0.6 is 27.5 Å². The summed E-state index contributed by atoms with van der Waals surface area (Å²) in [6.07, 6.45) is 4.38. The van der Waals surface area contributed by atoms with E-state index in [0.29, 0.717) is 17.1 Å². The monoisotopic (exact) mass is 348 g/mol. The van der Waals surface area contributed by atoms with Crippen LogP contribution in [0.15, 0.2) is 47.2 Å². The highest BCUT2D eigenvalue weighted by atomic mass is 79.9. The van der Waals surface area contributed by atoms with Gasteiger partial charge in [0.1, 0.15) is 5.65 Å². The van der Waals surface area contributed by atoms with Crippen molar-refractivity contribution in [3.63, 3.8) is 0 Å². The summed E-state index contributed by atoms with van der Waals surface area (Å²) in [7, 11) is 0. The molecule has 0 bridgehead atoms. The van der Waals surface area contributed by atoms with E-state index in [1.807, 2.05) is 41.1 Å². The van der Waals surface area contributed by atoms with Crippen molar-refractivity contribution in [3.8, 4) is 0 Å². The summed E-state index contributed by atoms with van der Waals surface area (Å²) in [6.45, 7) is 0.577. The third-order valence-corrected chi connectivity index (χ3v) is 3.99. The molecule has 0 aliphatic heterocycles. The number of benzene rings is 1. The highest BCUT2D eigenvalue weighted by Crippen LogP contribution is 2.24. The second kappa shape index (κ2) is 5.38. The number of aldehydes is 1. The van der Waals surface area contributed by atoms with Gasteiger partial charge >= 0.3 is 0 Å². The van der Waals surface area contributed by atoms with Crippen molar-refractivity contribution >= 4 is 44.9 Å². The molecule has 0 amide bonds. The third-order valence-electron chi connectivity index (χ3n) is 3.15. The fourth-order valence-electron chi connectivity index (χ4n) is 2.20. The first-order valence-corrected chi connectivity index (χ1v) is 7.19. The molecule has 0 saturated heterocycles. The zero-order valence-electron chi connectivity index (χ0n) is 10.4. The number of fused-ring (bicyclic) bond motifs is 1. The lowest BCUT2D eigenvalue weighted by Crippen LogP contribution is -1.99. The van der Waals surface area contributed by atoms with Gasteiger partial charge in [-0.1, -0.05) is 33.6 Å². The van der Waals surface area contributed by atoms with Crippen LogP contribution in [0.5, 0.6) is 0 Å². The van der Waals surface area contributed by atoms with Gasteiger partial charge in [0.15, 0.2) is 6.29 Å². The molecule has 2 heterocycles. The molecule has 2 aromatic heterocycles. The summed E-state index contributed by atoms with van der Waals surface area (Å²) in [4.78, 5) is 15.5. The Kier molecular flexibility index (Phi) is 3.59. The number of halogens is 2. The molecule has 0 aliphatic rings. The molecule has 3 nitrogen and oxygen atoms in total. The number of rotatable bonds is 3. The quantitative estimate of drug-likeness (QED) is 0.660. The van der Waals surface area contributed by atoms with E-state index in [0.717, 1.165) is 27.4 Å². The van der Waals surface area contributed by atoms with Gasteiger partial charge in [-0.05, 0) is 29.8 Å². The second-order valence-corrected chi connectivity index (χ2v) is 5.76. The number of carbonyl (C=O) groups excluding carboxylic acids is 1. The number of nitrogens with zero attached hydrogens (tertiary/aromatic N) is 2. The molecule has 100 valence electrons. The summed E-state index contributed by atoms with van der Waals surface area (Å²) in [5.74, 6) is 0. The predicted octanol–water partition coefficient (Wildman–Crippen LogP) is 4.31. The van der Waals surface area contributed by atoms with Gasteiger partial charge in [0.2, 0.25) is 0 Å². The minimum atomic E-state index is 0.577. The Morgan fingerprint density at radius 2 is 2.20 bits per heavy atom. The molecule has 0 N–H and O–H groups in total. The van der Waals surface area contributed by atoms with Gasteiger partial charge in [-0.2, -0.15) is 0 Å². The van der Waals surface area contributed by atoms with Crippen LogP contribution in [-0.2, 0) is 6.54 Å². The average Bonchev–Trinajstić information content (AvgIpc) is 2.80. The zero-order chi connectivity index (χ0) is 14.1. The van der Waals surface area contributed by atoms with E-state index in [-0.39, 0.29) is 0 Å². The lowest BCUT2D eigenvalue weighted by molar-refractivity contribution is 0.112. The first-order chi connectivity index (χ1) is 9.69. The number of aromatic nitrogens is 2. The standard InChI is InChI=1S/C15H10BrClN2O/c16-12-4-3-10(14(17)6-12)7-19-8-11(9-20)13-2-1-5-18-15(13)19/h1-6,8-9H,7H2. The minimum absolute atomic E-state index is 0.577. The van der Waals surface area contributed by atoms with Crippen LogP contribution in [0.2, 0.25) is 5.02 Å². The van der Waals surface area contributed by atoms with Gasteiger partial charge in [0, 0.05) is 32.8 Å². The van der Waals surface area contributed by atoms with Gasteiger partial charge in [0.25, 0.3) is 0 Å². The lowest BCUT2D eigenvalue weighted by Gasteiger charge is -2.07. The smallest absolute Gasteiger partial charge is 0.152 e. The number of pyridine rings is 1. The van der Waals surface area contributed by atoms with Crippen LogP contribution in [0.4, 0.5) is 0 Å². The van der Waals surface area contributed by atoms with Crippen molar-refractivity contribution in [3.05, 3.63) is 63.3 Å². The number of hydrogen-bond donors (Lipinski definition) is 0. The van der Waals surface area contributed by atoms with E-state index in [1.54, 1.807) is 6.20 Å². The molecule has 0 saturated carbocycles. The maximum Gasteiger partial charge on any atom is 0.152 e. The highest BCUT2D eigenvalue weighted by molar-refractivity contribution is 9.10. The number of carbonyl (C=O) groups is 1. The van der Waals surface area contributed by atoms with Crippen molar-refractivity contribution in [2.24, 2.45) is 0 Å². The summed E-state index contributed by atoms with van der Waals surface area (Å²) < 4.78 is 2.88. The minimum Gasteiger partial charge on any atom is -0.327 e. The maximum absolute atomic E-state index is 11.1. The molecule has 0 unspecified atom stereocenters. The summed E-state index contributed by atoms with van der Waals surface area (Å²) >= 11 is 9.62. The van der Waals surface area contributed by atoms with E-state index in [9.17, 15) is 4.79 Å². The normalized spacial score (nSPS) is 10.9. The maximum atomic E-state index is 11.1. The Hall–Kier alpha value is -1.65. The highest BCUT2D eigenvalue weighted by Gasteiger charge is 2.10. The SMILES string of the molecule is O=Cc1cn(Cc2ccc(Br)cc2Cl)c2ncccc12. The third kappa shape index (κ3) is 2.37. The molecule has 3 aromatic rings. The molecule has 0 atom stereocenters. The second-order valence-electron chi connectivity index (χ2n) is 4.44. The van der Waals surface area contributed by atoms with Crippen LogP contribution in [0.1, 0.15) is 15.9 Å². The van der Waals surface area contributed by atoms with Crippen molar-refractivity contribution in [2.45, 2.75) is 6.54 Å². The molecule has 20 heavy (non-hydrogen) atoms. The Morgan fingerprint density at radius 1 is 1.35 bits per heavy atom. The van der Waals surface area contributed by atoms with Gasteiger partial charge < -0.3 is 4.57 Å². The topological polar surface area (TPSA) is 34.9 Å². The lowest BCUT2D eigenvalue weighted by atomic mass is 10.2. The predicted molar refractivity (Wildman–Crippen MR) is 83.4 cm³/mol. The van der Waals surface area contributed by atoms with E-state index in [4.69, 9.17) is 11.6 Å². The molecule has 1 aromatic carbocycles. The van der Waals surface area contributed by atoms with Crippen LogP contribution in [0.25, 0.3) is 11.0 Å². The van der Waals surface area contributed by atoms with Gasteiger partial charge in [-0.15, -0.1) is 0 Å². The summed E-state index contributed by atoms with van der Waals surface area (Å²) in [5.41, 5.74) is 2.41. The van der Waals surface area contributed by atoms with Crippen molar-refractivity contribution < 1.29 is 4.79 Å². The molecule has 5 heteroatoms. The van der Waals surface area contributed by atoms with E-state index < -0.39 is 0 Å². The fourth-order valence-corrected chi connectivity index (χ4v) is 2.93. The van der Waals surface area contributed by atoms with E-state index in [1.165, 1.54) is 0 Å². The molecular formula is C15H10BrClN2O. The fraction of sp³-hybridized carbons (Fsp3) is 0.0667. The molecule has 3 rings (SSSR count). The van der Waals surface area contributed by atoms with Crippen molar-refractivity contribution in [1.29, 1.82) is 0 Å². The van der Waals surface area contributed by atoms with Crippen LogP contribution in [-0.4, -0.2) is 15.8 Å². The summed E-state index contributed by atoms with van der Waals surface area (Å²) in [5, 5.41) is 1.54. The molecule has 0 aliphatic carbocycles. The number of hydrogen-bond acceptors (Lipinski definition) is 2. The summed E-state index contributed by atoms with van der Waals surface area (Å²) in [6, 6.07) is 9.48. The molecule has 0 radical (unpaired) electrons. The van der Waals surface area contributed by atoms with Crippen molar-refractivity contribution in [2.75, 3.05) is 0 Å². The Labute approximate surface area is 129 Å². The largest absolute Gasteiger partial charge is 0.327 e. The molecule has 0 spiro atoms. The Morgan fingerprint density at radius 3 is 2.95 bits per heavy atom. The molecule has 0 fully saturated rings.